The molecular weight excluding hydrogens is 306 g/mol. The zero-order chi connectivity index (χ0) is 16.3. The molecular formula is C14H15N3O4S. The Morgan fingerprint density at radius 1 is 1.50 bits per heavy atom. The first kappa shape index (κ1) is 15.9. The first-order valence-electron chi connectivity index (χ1n) is 6.57. The number of hydrogen-bond acceptors (Lipinski definition) is 5. The highest BCUT2D eigenvalue weighted by Crippen LogP contribution is 2.18. The molecule has 1 atom stereocenters. The lowest BCUT2D eigenvalue weighted by Crippen LogP contribution is -2.34. The van der Waals surface area contributed by atoms with Crippen LogP contribution in [0.5, 0.6) is 0 Å². The van der Waals surface area contributed by atoms with Gasteiger partial charge in [0.1, 0.15) is 6.54 Å². The van der Waals surface area contributed by atoms with E-state index in [9.17, 15) is 19.7 Å². The third-order valence-corrected chi connectivity index (χ3v) is 4.24. The summed E-state index contributed by atoms with van der Waals surface area (Å²) in [5.74, 6) is -0.374. The second kappa shape index (κ2) is 6.52. The van der Waals surface area contributed by atoms with Gasteiger partial charge in [-0.1, -0.05) is 6.07 Å². The maximum Gasteiger partial charge on any atom is 0.336 e. The molecule has 8 heteroatoms. The predicted octanol–water partition coefficient (Wildman–Crippen LogP) is 2.00. The van der Waals surface area contributed by atoms with Crippen LogP contribution in [0.2, 0.25) is 0 Å². The van der Waals surface area contributed by atoms with E-state index in [2.05, 4.69) is 5.32 Å². The Hall–Kier alpha value is -2.48. The highest BCUT2D eigenvalue weighted by molar-refractivity contribution is 7.10. The minimum absolute atomic E-state index is 0.177. The fourth-order valence-electron chi connectivity index (χ4n) is 2.05. The topological polar surface area (TPSA) is 94.2 Å². The number of nitrogens with zero attached hydrogens (tertiary/aromatic N) is 2. The van der Waals surface area contributed by atoms with Crippen LogP contribution in [-0.2, 0) is 11.3 Å². The lowest BCUT2D eigenvalue weighted by Gasteiger charge is -2.13. The average Bonchev–Trinajstić information content (AvgIpc) is 2.96. The third-order valence-electron chi connectivity index (χ3n) is 3.19. The minimum Gasteiger partial charge on any atom is -0.347 e. The van der Waals surface area contributed by atoms with Gasteiger partial charge in [-0.25, -0.2) is 0 Å². The molecule has 0 saturated carbocycles. The van der Waals surface area contributed by atoms with Gasteiger partial charge in [-0.15, -0.1) is 11.3 Å². The van der Waals surface area contributed by atoms with Crippen molar-refractivity contribution in [3.63, 3.8) is 0 Å². The van der Waals surface area contributed by atoms with Gasteiger partial charge in [-0.3, -0.25) is 19.7 Å². The summed E-state index contributed by atoms with van der Waals surface area (Å²) in [4.78, 5) is 35.2. The van der Waals surface area contributed by atoms with Gasteiger partial charge in [0, 0.05) is 16.6 Å². The first-order valence-corrected chi connectivity index (χ1v) is 7.45. The Bertz CT molecular complexity index is 752. The molecule has 1 unspecified atom stereocenters. The van der Waals surface area contributed by atoms with Gasteiger partial charge in [0.2, 0.25) is 5.91 Å². The lowest BCUT2D eigenvalue weighted by molar-refractivity contribution is -0.387. The maximum atomic E-state index is 12.0. The molecule has 2 rings (SSSR count). The van der Waals surface area contributed by atoms with Crippen LogP contribution in [0.4, 0.5) is 5.69 Å². The highest BCUT2D eigenvalue weighted by Gasteiger charge is 2.19. The number of nitrogens with one attached hydrogen (secondary N) is 1. The van der Waals surface area contributed by atoms with Crippen molar-refractivity contribution < 1.29 is 9.72 Å². The largest absolute Gasteiger partial charge is 0.347 e. The smallest absolute Gasteiger partial charge is 0.336 e. The number of thiophene rings is 1. The molecule has 1 N–H and O–H groups in total. The zero-order valence-corrected chi connectivity index (χ0v) is 12.9. The summed E-state index contributed by atoms with van der Waals surface area (Å²) in [5.41, 5.74) is -0.996. The molecule has 0 saturated heterocycles. The Labute approximate surface area is 130 Å². The molecule has 0 aliphatic carbocycles. The molecule has 0 spiro atoms. The van der Waals surface area contributed by atoms with Gasteiger partial charge in [0.25, 0.3) is 0 Å². The summed E-state index contributed by atoms with van der Waals surface area (Å²) in [6.07, 6.45) is 1.39. The number of hydrogen-bond donors (Lipinski definition) is 1. The van der Waals surface area contributed by atoms with Gasteiger partial charge in [-0.05, 0) is 31.4 Å². The summed E-state index contributed by atoms with van der Waals surface area (Å²) in [6, 6.07) is 5.06. The van der Waals surface area contributed by atoms with E-state index in [1.165, 1.54) is 30.5 Å². The van der Waals surface area contributed by atoms with Crippen molar-refractivity contribution in [1.29, 1.82) is 0 Å². The van der Waals surface area contributed by atoms with E-state index in [1.807, 2.05) is 24.4 Å². The Balaban J connectivity index is 2.14. The normalized spacial score (nSPS) is 11.9. The summed E-state index contributed by atoms with van der Waals surface area (Å²) in [6.45, 7) is 3.07. The highest BCUT2D eigenvalue weighted by atomic mass is 32.1. The van der Waals surface area contributed by atoms with Crippen LogP contribution in [0.3, 0.4) is 0 Å². The molecule has 2 aromatic heterocycles. The van der Waals surface area contributed by atoms with E-state index in [4.69, 9.17) is 0 Å². The molecule has 116 valence electrons. The quantitative estimate of drug-likeness (QED) is 0.673. The van der Waals surface area contributed by atoms with Gasteiger partial charge in [-0.2, -0.15) is 0 Å². The van der Waals surface area contributed by atoms with Crippen LogP contribution < -0.4 is 10.9 Å². The lowest BCUT2D eigenvalue weighted by atomic mass is 10.2. The number of amides is 1. The average molecular weight is 321 g/mol. The van der Waals surface area contributed by atoms with Crippen molar-refractivity contribution >= 4 is 22.9 Å². The zero-order valence-electron chi connectivity index (χ0n) is 12.1. The van der Waals surface area contributed by atoms with Crippen LogP contribution >= 0.6 is 11.3 Å². The Morgan fingerprint density at radius 3 is 2.82 bits per heavy atom. The Kier molecular flexibility index (Phi) is 4.71. The van der Waals surface area contributed by atoms with Crippen molar-refractivity contribution in [2.24, 2.45) is 0 Å². The number of aryl methyl sites for hydroxylation is 1. The molecule has 0 aromatic carbocycles. The molecule has 2 heterocycles. The molecule has 0 aliphatic rings. The number of carbonyl (C=O) groups excluding carboxylic acids is 1. The van der Waals surface area contributed by atoms with Crippen molar-refractivity contribution in [2.75, 3.05) is 0 Å². The number of aromatic nitrogens is 1. The van der Waals surface area contributed by atoms with Crippen LogP contribution in [0, 0.1) is 17.0 Å². The molecule has 0 bridgehead atoms. The standard InChI is InChI=1S/C14H15N3O4S/c1-9-5-6-16(14(19)13(9)17(20)21)8-12(18)15-10(2)11-4-3-7-22-11/h3-7,10H,8H2,1-2H3,(H,15,18). The SMILES string of the molecule is Cc1ccn(CC(=O)NC(C)c2cccs2)c(=O)c1[N+](=O)[O-]. The molecule has 0 aliphatic heterocycles. The summed E-state index contributed by atoms with van der Waals surface area (Å²) in [7, 11) is 0. The number of pyridine rings is 1. The molecule has 1 amide bonds. The summed E-state index contributed by atoms with van der Waals surface area (Å²) in [5, 5.41) is 15.6. The van der Waals surface area contributed by atoms with Crippen LogP contribution in [0.25, 0.3) is 0 Å². The van der Waals surface area contributed by atoms with E-state index in [0.29, 0.717) is 0 Å². The van der Waals surface area contributed by atoms with Gasteiger partial charge in [0.15, 0.2) is 0 Å². The second-order valence-corrected chi connectivity index (χ2v) is 5.82. The van der Waals surface area contributed by atoms with E-state index < -0.39 is 16.2 Å². The maximum absolute atomic E-state index is 12.0. The third kappa shape index (κ3) is 3.40. The van der Waals surface area contributed by atoms with Crippen molar-refractivity contribution in [2.45, 2.75) is 26.4 Å². The molecule has 22 heavy (non-hydrogen) atoms. The fourth-order valence-corrected chi connectivity index (χ4v) is 2.78. The number of rotatable bonds is 5. The van der Waals surface area contributed by atoms with Crippen molar-refractivity contribution in [1.82, 2.24) is 9.88 Å². The van der Waals surface area contributed by atoms with Gasteiger partial charge >= 0.3 is 11.2 Å². The van der Waals surface area contributed by atoms with E-state index in [-0.39, 0.29) is 24.1 Å². The molecule has 0 fully saturated rings. The van der Waals surface area contributed by atoms with E-state index in [1.54, 1.807) is 0 Å². The second-order valence-electron chi connectivity index (χ2n) is 4.84. The Morgan fingerprint density at radius 2 is 2.23 bits per heavy atom. The number of nitro groups is 1. The van der Waals surface area contributed by atoms with Gasteiger partial charge < -0.3 is 9.88 Å². The summed E-state index contributed by atoms with van der Waals surface area (Å²) >= 11 is 1.52. The first-order chi connectivity index (χ1) is 10.4. The van der Waals surface area contributed by atoms with Crippen LogP contribution in [0.1, 0.15) is 23.4 Å². The van der Waals surface area contributed by atoms with Crippen molar-refractivity contribution in [3.05, 3.63) is 60.7 Å². The minimum atomic E-state index is -0.774. The van der Waals surface area contributed by atoms with Crippen molar-refractivity contribution in [3.8, 4) is 0 Å². The van der Waals surface area contributed by atoms with E-state index >= 15 is 0 Å². The molecule has 0 radical (unpaired) electrons. The van der Waals surface area contributed by atoms with Gasteiger partial charge in [0.05, 0.1) is 11.0 Å². The predicted molar refractivity (Wildman–Crippen MR) is 83.0 cm³/mol. The monoisotopic (exact) mass is 321 g/mol. The molecule has 7 nitrogen and oxygen atoms in total. The van der Waals surface area contributed by atoms with E-state index in [0.717, 1.165) is 9.44 Å². The fraction of sp³-hybridized carbons (Fsp3) is 0.286. The van der Waals surface area contributed by atoms with Crippen LogP contribution in [0.15, 0.2) is 34.6 Å². The molecule has 2 aromatic rings. The summed E-state index contributed by atoms with van der Waals surface area (Å²) < 4.78 is 1.04. The number of carbonyl (C=O) groups is 1. The van der Waals surface area contributed by atoms with Crippen LogP contribution in [-0.4, -0.2) is 15.4 Å².